The van der Waals surface area contributed by atoms with Gasteiger partial charge >= 0.3 is 0 Å². The number of rotatable bonds is 11. The molecule has 6 rings (SSSR count). The lowest BCUT2D eigenvalue weighted by Crippen LogP contribution is -2.35. The Hall–Kier alpha value is -3.83. The van der Waals surface area contributed by atoms with E-state index in [1.807, 2.05) is 36.4 Å². The molecule has 4 heterocycles. The van der Waals surface area contributed by atoms with Crippen LogP contribution in [0.3, 0.4) is 0 Å². The molecule has 0 spiro atoms. The quantitative estimate of drug-likeness (QED) is 0.201. The number of carbonyl (C=O) groups excluding carboxylic acids is 1. The summed E-state index contributed by atoms with van der Waals surface area (Å²) in [7, 11) is 3.19. The van der Waals surface area contributed by atoms with Crippen LogP contribution in [0.15, 0.2) is 48.8 Å². The molecule has 2 aliphatic rings. The van der Waals surface area contributed by atoms with Gasteiger partial charge in [0, 0.05) is 54.4 Å². The van der Waals surface area contributed by atoms with Gasteiger partial charge in [-0.1, -0.05) is 66.0 Å². The number of methoxy groups -OCH3 is 2. The largest absolute Gasteiger partial charge is 0.480 e. The molecular formula is C34H37Cl2N7O3. The Morgan fingerprint density at radius 3 is 1.98 bits per heavy atom. The average Bonchev–Trinajstić information content (AvgIpc) is 3.50. The first kappa shape index (κ1) is 32.1. The lowest BCUT2D eigenvalue weighted by Gasteiger charge is -2.26. The predicted molar refractivity (Wildman–Crippen MR) is 179 cm³/mol. The van der Waals surface area contributed by atoms with Crippen LogP contribution in [0.25, 0.3) is 33.6 Å². The van der Waals surface area contributed by atoms with Crippen molar-refractivity contribution < 1.29 is 14.3 Å². The molecule has 4 aromatic rings. The second-order valence-electron chi connectivity index (χ2n) is 11.5. The Bertz CT molecular complexity index is 1710. The molecule has 2 N–H and O–H groups in total. The molecule has 240 valence electrons. The van der Waals surface area contributed by atoms with Crippen LogP contribution in [-0.4, -0.2) is 70.6 Å². The Morgan fingerprint density at radius 2 is 1.41 bits per heavy atom. The average molecular weight is 663 g/mol. The van der Waals surface area contributed by atoms with Gasteiger partial charge in [0.05, 0.1) is 48.0 Å². The van der Waals surface area contributed by atoms with Crippen LogP contribution in [0, 0.1) is 0 Å². The van der Waals surface area contributed by atoms with Gasteiger partial charge in [-0.2, -0.15) is 0 Å². The van der Waals surface area contributed by atoms with Crippen molar-refractivity contribution >= 4 is 29.1 Å². The van der Waals surface area contributed by atoms with Crippen LogP contribution in [0.4, 0.5) is 0 Å². The number of piperidine rings is 1. The summed E-state index contributed by atoms with van der Waals surface area (Å²) >= 11 is 14.1. The summed E-state index contributed by atoms with van der Waals surface area (Å²) in [5.41, 5.74) is 5.60. The molecule has 12 heteroatoms. The number of likely N-dealkylation sites (tertiary alicyclic amines) is 1. The van der Waals surface area contributed by atoms with Gasteiger partial charge in [0.25, 0.3) is 0 Å². The van der Waals surface area contributed by atoms with E-state index >= 15 is 0 Å². The SMILES string of the molecule is COc1nc(-c2cccc(-c3cccc(-c4cnc(CN5CCCCC5)c(OC)n4)c3Cl)c2Cl)cnc1CNC[C@@H]1CCC(=O)N1. The van der Waals surface area contributed by atoms with Gasteiger partial charge in [0.1, 0.15) is 11.4 Å². The third kappa shape index (κ3) is 7.10. The summed E-state index contributed by atoms with van der Waals surface area (Å²) < 4.78 is 11.2. The predicted octanol–water partition coefficient (Wildman–Crippen LogP) is 5.95. The number of halogens is 2. The number of hydrogen-bond acceptors (Lipinski definition) is 9. The van der Waals surface area contributed by atoms with Gasteiger partial charge in [0.2, 0.25) is 17.7 Å². The van der Waals surface area contributed by atoms with Crippen molar-refractivity contribution in [2.75, 3.05) is 33.9 Å². The van der Waals surface area contributed by atoms with E-state index in [0.717, 1.165) is 41.9 Å². The highest BCUT2D eigenvalue weighted by molar-refractivity contribution is 6.39. The molecule has 0 bridgehead atoms. The fourth-order valence-corrected chi connectivity index (χ4v) is 6.66. The van der Waals surface area contributed by atoms with Crippen LogP contribution >= 0.6 is 23.2 Å². The highest BCUT2D eigenvalue weighted by Crippen LogP contribution is 2.42. The van der Waals surface area contributed by atoms with E-state index < -0.39 is 0 Å². The van der Waals surface area contributed by atoms with Crippen molar-refractivity contribution in [2.24, 2.45) is 0 Å². The molecule has 0 saturated carbocycles. The van der Waals surface area contributed by atoms with Gasteiger partial charge in [-0.25, -0.2) is 9.97 Å². The topological polar surface area (TPSA) is 114 Å². The number of benzene rings is 2. The second kappa shape index (κ2) is 14.7. The van der Waals surface area contributed by atoms with Crippen molar-refractivity contribution in [3.8, 4) is 45.4 Å². The molecule has 10 nitrogen and oxygen atoms in total. The number of nitrogens with zero attached hydrogens (tertiary/aromatic N) is 5. The summed E-state index contributed by atoms with van der Waals surface area (Å²) in [4.78, 5) is 32.8. The normalized spacial score (nSPS) is 16.8. The lowest BCUT2D eigenvalue weighted by atomic mass is 9.98. The van der Waals surface area contributed by atoms with Gasteiger partial charge < -0.3 is 20.1 Å². The number of ether oxygens (including phenoxy) is 2. The van der Waals surface area contributed by atoms with E-state index in [1.54, 1.807) is 26.6 Å². The van der Waals surface area contributed by atoms with Gasteiger partial charge in [-0.3, -0.25) is 19.7 Å². The van der Waals surface area contributed by atoms with Crippen LogP contribution in [0.1, 0.15) is 43.5 Å². The standard InChI is InChI=1S/C34H37Cl2N7O3/c1-45-33-28(17-37-16-21-12-13-30(44)40-21)38-18-26(41-33)24-10-6-8-22(31(24)35)23-9-7-11-25(32(23)36)27-19-39-29(34(42-27)46-2)20-43-14-4-3-5-15-43/h6-11,18-19,21,37H,3-5,12-17,20H2,1-2H3,(H,40,44)/t21-/m0/s1. The van der Waals surface area contributed by atoms with Crippen molar-refractivity contribution in [1.82, 2.24) is 35.5 Å². The summed E-state index contributed by atoms with van der Waals surface area (Å²) in [5.74, 6) is 0.992. The van der Waals surface area contributed by atoms with Gasteiger partial charge in [-0.05, 0) is 32.4 Å². The lowest BCUT2D eigenvalue weighted by molar-refractivity contribution is -0.119. The molecule has 1 atom stereocenters. The third-order valence-corrected chi connectivity index (χ3v) is 9.25. The zero-order chi connectivity index (χ0) is 32.0. The molecule has 2 aliphatic heterocycles. The molecule has 0 radical (unpaired) electrons. The minimum atomic E-state index is 0.0896. The van der Waals surface area contributed by atoms with Crippen molar-refractivity contribution in [2.45, 2.75) is 51.2 Å². The first-order valence-electron chi connectivity index (χ1n) is 15.6. The van der Waals surface area contributed by atoms with E-state index in [0.29, 0.717) is 70.5 Å². The highest BCUT2D eigenvalue weighted by atomic mass is 35.5. The van der Waals surface area contributed by atoms with Gasteiger partial charge in [0.15, 0.2) is 0 Å². The van der Waals surface area contributed by atoms with Crippen molar-refractivity contribution in [3.05, 3.63) is 70.2 Å². The van der Waals surface area contributed by atoms with E-state index in [4.69, 9.17) is 47.6 Å². The zero-order valence-corrected chi connectivity index (χ0v) is 27.5. The number of carbonyl (C=O) groups is 1. The maximum atomic E-state index is 11.5. The molecule has 2 saturated heterocycles. The summed E-state index contributed by atoms with van der Waals surface area (Å²) in [6.45, 7) is 3.92. The molecule has 2 aromatic carbocycles. The molecule has 46 heavy (non-hydrogen) atoms. The summed E-state index contributed by atoms with van der Waals surface area (Å²) in [6.07, 6.45) is 8.50. The number of nitrogens with one attached hydrogen (secondary N) is 2. The Balaban J connectivity index is 1.24. The first-order valence-corrected chi connectivity index (χ1v) is 16.3. The van der Waals surface area contributed by atoms with Crippen LogP contribution < -0.4 is 20.1 Å². The number of amides is 1. The van der Waals surface area contributed by atoms with Crippen molar-refractivity contribution in [3.63, 3.8) is 0 Å². The first-order chi connectivity index (χ1) is 22.4. The second-order valence-corrected chi connectivity index (χ2v) is 12.3. The molecule has 2 fully saturated rings. The molecule has 0 unspecified atom stereocenters. The molecular weight excluding hydrogens is 625 g/mol. The fourth-order valence-electron chi connectivity index (χ4n) is 6.01. The van der Waals surface area contributed by atoms with E-state index in [-0.39, 0.29) is 11.9 Å². The minimum absolute atomic E-state index is 0.0896. The van der Waals surface area contributed by atoms with Crippen LogP contribution in [0.5, 0.6) is 11.8 Å². The maximum Gasteiger partial charge on any atom is 0.237 e. The highest BCUT2D eigenvalue weighted by Gasteiger charge is 2.22. The third-order valence-electron chi connectivity index (χ3n) is 8.44. The fraction of sp³-hybridized carbons (Fsp3) is 0.382. The Kier molecular flexibility index (Phi) is 10.3. The number of aromatic nitrogens is 4. The van der Waals surface area contributed by atoms with Crippen LogP contribution in [-0.2, 0) is 17.9 Å². The Morgan fingerprint density at radius 1 is 0.848 bits per heavy atom. The number of hydrogen-bond donors (Lipinski definition) is 2. The minimum Gasteiger partial charge on any atom is -0.480 e. The summed E-state index contributed by atoms with van der Waals surface area (Å²) in [5, 5.41) is 7.28. The molecule has 0 aliphatic carbocycles. The van der Waals surface area contributed by atoms with Crippen molar-refractivity contribution in [1.29, 1.82) is 0 Å². The Labute approximate surface area is 278 Å². The molecule has 2 aromatic heterocycles. The molecule has 1 amide bonds. The van der Waals surface area contributed by atoms with E-state index in [9.17, 15) is 4.79 Å². The zero-order valence-electron chi connectivity index (χ0n) is 26.0. The van der Waals surface area contributed by atoms with Gasteiger partial charge in [-0.15, -0.1) is 0 Å². The smallest absolute Gasteiger partial charge is 0.237 e. The van der Waals surface area contributed by atoms with E-state index in [1.165, 1.54) is 19.3 Å². The summed E-state index contributed by atoms with van der Waals surface area (Å²) in [6, 6.07) is 11.6. The maximum absolute atomic E-state index is 11.5. The monoisotopic (exact) mass is 661 g/mol. The van der Waals surface area contributed by atoms with Crippen LogP contribution in [0.2, 0.25) is 10.0 Å². The van der Waals surface area contributed by atoms with E-state index in [2.05, 4.69) is 20.5 Å².